The number of thiocarbonyl (C=S) groups is 1. The number of carbonyl (C=O) groups is 1. The zero-order valence-electron chi connectivity index (χ0n) is 27.6. The van der Waals surface area contributed by atoms with E-state index in [-0.39, 0.29) is 70.3 Å². The molecule has 4 heterocycles. The van der Waals surface area contributed by atoms with Crippen molar-refractivity contribution < 1.29 is 35.7 Å². The van der Waals surface area contributed by atoms with Crippen molar-refractivity contribution in [3.8, 4) is 0 Å². The maximum atomic E-state index is 13.4. The molecule has 1 aromatic heterocycles. The Morgan fingerprint density at radius 1 is 1.04 bits per heavy atom. The number of sulfone groups is 1. The van der Waals surface area contributed by atoms with Crippen LogP contribution < -0.4 is 11.0 Å². The topological polar surface area (TPSA) is 148 Å². The first-order valence-electron chi connectivity index (χ1n) is 15.6. The summed E-state index contributed by atoms with van der Waals surface area (Å²) in [6.45, 7) is 18.9. The van der Waals surface area contributed by atoms with Crippen molar-refractivity contribution in [1.29, 1.82) is 0 Å². The van der Waals surface area contributed by atoms with Gasteiger partial charge < -0.3 is 32.7 Å². The van der Waals surface area contributed by atoms with E-state index in [0.717, 1.165) is 0 Å². The maximum Gasteiger partial charge on any atom is 0.351 e. The number of hydrogen-bond donors (Lipinski definition) is 1. The van der Waals surface area contributed by atoms with E-state index in [4.69, 9.17) is 34.7 Å². The second-order valence-electron chi connectivity index (χ2n) is 13.3. The molecule has 254 valence electrons. The number of ether oxygens (including phenoxy) is 2. The quantitative estimate of drug-likeness (QED) is 0.328. The highest BCUT2D eigenvalue weighted by atomic mass is 32.2. The van der Waals surface area contributed by atoms with E-state index in [1.165, 1.54) is 23.8 Å². The molecule has 1 N–H and O–H groups in total. The van der Waals surface area contributed by atoms with Crippen LogP contribution in [0.1, 0.15) is 68.5 Å². The summed E-state index contributed by atoms with van der Waals surface area (Å²) in [6, 6.07) is 1.51. The average molecular weight is 705 g/mol. The van der Waals surface area contributed by atoms with E-state index < -0.39 is 57.2 Å². The summed E-state index contributed by atoms with van der Waals surface area (Å²) in [5.41, 5.74) is -0.343. The highest BCUT2D eigenvalue weighted by Gasteiger charge is 2.62. The molecule has 3 saturated heterocycles. The molecule has 0 aromatic carbocycles. The molecule has 1 unspecified atom stereocenters. The summed E-state index contributed by atoms with van der Waals surface area (Å²) in [5, 5.41) is 2.62. The minimum Gasteiger partial charge on any atom is -0.460 e. The predicted octanol–water partition coefficient (Wildman–Crippen LogP) is 3.46. The van der Waals surface area contributed by atoms with Crippen molar-refractivity contribution >= 4 is 56.1 Å². The number of amides is 1. The molecule has 13 nitrogen and oxygen atoms in total. The third-order valence-corrected chi connectivity index (χ3v) is 21.1. The van der Waals surface area contributed by atoms with Crippen LogP contribution in [0.5, 0.6) is 0 Å². The lowest BCUT2D eigenvalue weighted by Crippen LogP contribution is -2.66. The van der Waals surface area contributed by atoms with Gasteiger partial charge in [-0.1, -0.05) is 55.4 Å². The van der Waals surface area contributed by atoms with Crippen molar-refractivity contribution in [3.63, 3.8) is 0 Å². The first kappa shape index (κ1) is 36.1. The van der Waals surface area contributed by atoms with E-state index >= 15 is 0 Å². The van der Waals surface area contributed by atoms with E-state index in [0.29, 0.717) is 0 Å². The molecule has 45 heavy (non-hydrogen) atoms. The lowest BCUT2D eigenvalue weighted by atomic mass is 10.1. The van der Waals surface area contributed by atoms with Gasteiger partial charge in [-0.25, -0.2) is 13.2 Å². The van der Waals surface area contributed by atoms with Crippen molar-refractivity contribution in [2.45, 2.75) is 109 Å². The third-order valence-electron chi connectivity index (χ3n) is 8.86. The van der Waals surface area contributed by atoms with Crippen LogP contribution in [0.3, 0.4) is 0 Å². The Hall–Kier alpha value is -1.74. The van der Waals surface area contributed by atoms with Gasteiger partial charge in [0, 0.05) is 26.2 Å². The van der Waals surface area contributed by atoms with Crippen LogP contribution in [-0.4, -0.2) is 101 Å². The summed E-state index contributed by atoms with van der Waals surface area (Å²) < 4.78 is 60.0. The summed E-state index contributed by atoms with van der Waals surface area (Å²) in [4.78, 5) is 30.7. The van der Waals surface area contributed by atoms with E-state index in [2.05, 4.69) is 65.7 Å². The number of nitrogens with zero attached hydrogens (tertiary/aromatic N) is 3. The summed E-state index contributed by atoms with van der Waals surface area (Å²) in [6.07, 6.45) is -1.81. The number of fused-ring (bicyclic) bond motifs is 1. The Morgan fingerprint density at radius 2 is 1.62 bits per heavy atom. The van der Waals surface area contributed by atoms with Crippen LogP contribution >= 0.6 is 12.2 Å². The Kier molecular flexibility index (Phi) is 11.1. The second-order valence-corrected chi connectivity index (χ2v) is 24.8. The van der Waals surface area contributed by atoms with Crippen LogP contribution in [-0.2, 0) is 37.1 Å². The summed E-state index contributed by atoms with van der Waals surface area (Å²) >= 11 is 5.71. The first-order valence-corrected chi connectivity index (χ1v) is 21.8. The van der Waals surface area contributed by atoms with Gasteiger partial charge in [0.25, 0.3) is 5.17 Å². The number of aromatic nitrogens is 2. The highest BCUT2D eigenvalue weighted by molar-refractivity contribution is 7.91. The zero-order valence-corrected chi connectivity index (χ0v) is 31.3. The van der Waals surface area contributed by atoms with Crippen LogP contribution in [0, 0.1) is 0 Å². The van der Waals surface area contributed by atoms with Gasteiger partial charge in [-0.3, -0.25) is 9.36 Å². The molecular formula is C28H48N4O9S2Si2. The third kappa shape index (κ3) is 7.39. The summed E-state index contributed by atoms with van der Waals surface area (Å²) in [7, 11) is -9.12. The molecule has 3 fully saturated rings. The molecule has 1 aromatic rings. The number of anilines is 1. The zero-order chi connectivity index (χ0) is 33.5. The fourth-order valence-corrected chi connectivity index (χ4v) is 19.1. The molecule has 4 atom stereocenters. The van der Waals surface area contributed by atoms with Gasteiger partial charge in [0.05, 0.1) is 18.1 Å². The van der Waals surface area contributed by atoms with Crippen LogP contribution in [0.15, 0.2) is 17.1 Å². The molecule has 4 rings (SSSR count). The Labute approximate surface area is 273 Å². The number of rotatable bonds is 7. The largest absolute Gasteiger partial charge is 0.460 e. The lowest BCUT2D eigenvalue weighted by molar-refractivity contribution is -0.114. The fraction of sp³-hybridized carbons (Fsp3) is 0.786. The smallest absolute Gasteiger partial charge is 0.351 e. The van der Waals surface area contributed by atoms with Gasteiger partial charge >= 0.3 is 22.8 Å². The van der Waals surface area contributed by atoms with Crippen molar-refractivity contribution in [2.75, 3.05) is 36.5 Å². The molecule has 0 aliphatic carbocycles. The van der Waals surface area contributed by atoms with Gasteiger partial charge in [-0.2, -0.15) is 4.98 Å². The highest BCUT2D eigenvalue weighted by Crippen LogP contribution is 2.48. The molecule has 3 aliphatic rings. The van der Waals surface area contributed by atoms with E-state index in [1.807, 2.05) is 0 Å². The van der Waals surface area contributed by atoms with Gasteiger partial charge in [0.1, 0.15) is 18.0 Å². The van der Waals surface area contributed by atoms with Gasteiger partial charge in [0.15, 0.2) is 22.2 Å². The van der Waals surface area contributed by atoms with Gasteiger partial charge in [0.2, 0.25) is 5.91 Å². The van der Waals surface area contributed by atoms with Crippen LogP contribution in [0.4, 0.5) is 5.82 Å². The Bertz CT molecular complexity index is 1390. The molecule has 0 radical (unpaired) electrons. The Morgan fingerprint density at radius 3 is 2.13 bits per heavy atom. The van der Waals surface area contributed by atoms with Crippen LogP contribution in [0.25, 0.3) is 0 Å². The minimum atomic E-state index is -3.15. The summed E-state index contributed by atoms with van der Waals surface area (Å²) in [5.74, 6) is -0.318. The fourth-order valence-electron chi connectivity index (χ4n) is 6.41. The van der Waals surface area contributed by atoms with Crippen molar-refractivity contribution in [1.82, 2.24) is 14.5 Å². The molecule has 1 amide bonds. The SMILES string of the molecule is CC(=O)Nc1ccn([C@@H]2O[C@@H]3CO[Si](C(C)C)(C(C)C)O[Si](C(C)C)(C(C)C)OC3[C@@H]2OC(=S)N2CCS(=O)(=O)CC2)c(=O)n1. The molecular weight excluding hydrogens is 657 g/mol. The van der Waals surface area contributed by atoms with E-state index in [9.17, 15) is 18.0 Å². The molecule has 0 bridgehead atoms. The maximum absolute atomic E-state index is 13.4. The number of carbonyl (C=O) groups excluding carboxylic acids is 1. The number of nitrogens with one attached hydrogen (secondary N) is 1. The lowest BCUT2D eigenvalue weighted by Gasteiger charge is -2.51. The standard InChI is InChI=1S/C28H48N4O9S2Si2/c1-17(2)44(18(3)4)37-16-22-24(40-45(41-44,19(5)6)20(7)8)25(39-28(42)31-12-14-43(35,36)15-13-31)26(38-22)32-11-10-23(29-21(9)33)30-27(32)34/h10-11,17-20,22,24-26H,12-16H2,1-9H3,(H,29,30,33,34)/t22-,24?,25+,26-/m1/s1. The van der Waals surface area contributed by atoms with Crippen molar-refractivity contribution in [2.24, 2.45) is 0 Å². The van der Waals surface area contributed by atoms with Crippen molar-refractivity contribution in [3.05, 3.63) is 22.7 Å². The monoisotopic (exact) mass is 704 g/mol. The normalized spacial score (nSPS) is 27.7. The Balaban J connectivity index is 1.80. The first-order chi connectivity index (χ1) is 20.9. The number of hydrogen-bond acceptors (Lipinski definition) is 11. The van der Waals surface area contributed by atoms with Gasteiger partial charge in [-0.15, -0.1) is 0 Å². The second kappa shape index (κ2) is 13.8. The van der Waals surface area contributed by atoms with Gasteiger partial charge in [-0.05, 0) is 40.4 Å². The minimum absolute atomic E-state index is 0.0319. The molecule has 0 spiro atoms. The average Bonchev–Trinajstić information content (AvgIpc) is 3.23. The van der Waals surface area contributed by atoms with Crippen LogP contribution in [0.2, 0.25) is 22.2 Å². The predicted molar refractivity (Wildman–Crippen MR) is 178 cm³/mol. The molecule has 0 saturated carbocycles. The van der Waals surface area contributed by atoms with E-state index in [1.54, 1.807) is 4.90 Å². The molecule has 3 aliphatic heterocycles. The molecule has 17 heteroatoms.